The number of esters is 1. The molecule has 146 valence electrons. The van der Waals surface area contributed by atoms with Gasteiger partial charge in [0, 0.05) is 17.6 Å². The van der Waals surface area contributed by atoms with Crippen LogP contribution in [0.25, 0.3) is 11.1 Å². The van der Waals surface area contributed by atoms with Gasteiger partial charge in [0.1, 0.15) is 0 Å². The third kappa shape index (κ3) is 4.58. The summed E-state index contributed by atoms with van der Waals surface area (Å²) < 4.78 is 5.50. The molecule has 1 atom stereocenters. The second kappa shape index (κ2) is 9.18. The fourth-order valence-electron chi connectivity index (χ4n) is 3.30. The zero-order chi connectivity index (χ0) is 20.8. The highest BCUT2D eigenvalue weighted by atomic mass is 16.5. The quantitative estimate of drug-likeness (QED) is 0.698. The number of carbonyl (C=O) groups excluding carboxylic acids is 2. The molecule has 2 aromatic rings. The molecule has 5 heteroatoms. The molecule has 1 amide bonds. The van der Waals surface area contributed by atoms with Gasteiger partial charge in [0.2, 0.25) is 0 Å². The van der Waals surface area contributed by atoms with E-state index in [0.29, 0.717) is 22.3 Å². The lowest BCUT2D eigenvalue weighted by atomic mass is 9.96. The first-order chi connectivity index (χ1) is 13.3. The van der Waals surface area contributed by atoms with Crippen LogP contribution >= 0.6 is 0 Å². The standard InChI is InChI=1S/C23H26N2O3/c1-15(2)25(16(3)4)22(26)17(5)28-23(27)21-13-9-8-12-20(21)19-11-7-6-10-18(19)14-24/h6-13,15-17H,1-5H3/t17-/m1/s1. The van der Waals surface area contributed by atoms with E-state index in [2.05, 4.69) is 6.07 Å². The van der Waals surface area contributed by atoms with E-state index in [0.717, 1.165) is 0 Å². The summed E-state index contributed by atoms with van der Waals surface area (Å²) in [5.74, 6) is -0.815. The zero-order valence-electron chi connectivity index (χ0n) is 17.0. The molecule has 0 radical (unpaired) electrons. The summed E-state index contributed by atoms with van der Waals surface area (Å²) in [6, 6.07) is 16.2. The minimum Gasteiger partial charge on any atom is -0.449 e. The molecule has 0 bridgehead atoms. The predicted octanol–water partition coefficient (Wildman–Crippen LogP) is 4.42. The van der Waals surface area contributed by atoms with Crippen LogP contribution in [-0.4, -0.2) is 35.0 Å². The van der Waals surface area contributed by atoms with Crippen molar-refractivity contribution >= 4 is 11.9 Å². The van der Waals surface area contributed by atoms with Crippen LogP contribution in [0.5, 0.6) is 0 Å². The van der Waals surface area contributed by atoms with Gasteiger partial charge in [-0.1, -0.05) is 36.4 Å². The van der Waals surface area contributed by atoms with Crippen LogP contribution in [-0.2, 0) is 9.53 Å². The Morgan fingerprint density at radius 3 is 2.00 bits per heavy atom. The number of amides is 1. The normalized spacial score (nSPS) is 11.8. The van der Waals surface area contributed by atoms with E-state index in [1.54, 1.807) is 54.3 Å². The summed E-state index contributed by atoms with van der Waals surface area (Å²) >= 11 is 0. The molecule has 0 aliphatic heterocycles. The number of hydrogen-bond donors (Lipinski definition) is 0. The maximum absolute atomic E-state index is 12.8. The molecule has 0 spiro atoms. The number of nitrogens with zero attached hydrogens (tertiary/aromatic N) is 2. The van der Waals surface area contributed by atoms with Gasteiger partial charge >= 0.3 is 5.97 Å². The third-order valence-corrected chi connectivity index (χ3v) is 4.48. The summed E-state index contributed by atoms with van der Waals surface area (Å²) in [5.41, 5.74) is 2.06. The van der Waals surface area contributed by atoms with Gasteiger partial charge in [0.25, 0.3) is 5.91 Å². The summed E-state index contributed by atoms with van der Waals surface area (Å²) in [4.78, 5) is 27.3. The lowest BCUT2D eigenvalue weighted by molar-refractivity contribution is -0.143. The van der Waals surface area contributed by atoms with Gasteiger partial charge in [-0.25, -0.2) is 4.79 Å². The Labute approximate surface area is 166 Å². The van der Waals surface area contributed by atoms with Gasteiger partial charge in [0.15, 0.2) is 6.10 Å². The Morgan fingerprint density at radius 2 is 1.43 bits per heavy atom. The van der Waals surface area contributed by atoms with Gasteiger partial charge in [-0.3, -0.25) is 4.79 Å². The Balaban J connectivity index is 2.31. The minimum atomic E-state index is -0.906. The van der Waals surface area contributed by atoms with Crippen molar-refractivity contribution in [2.45, 2.75) is 52.8 Å². The lowest BCUT2D eigenvalue weighted by Gasteiger charge is -2.32. The summed E-state index contributed by atoms with van der Waals surface area (Å²) in [6.07, 6.45) is -0.906. The van der Waals surface area contributed by atoms with Crippen molar-refractivity contribution in [1.29, 1.82) is 5.26 Å². The van der Waals surface area contributed by atoms with Crippen molar-refractivity contribution in [2.75, 3.05) is 0 Å². The molecule has 2 aromatic carbocycles. The number of hydrogen-bond acceptors (Lipinski definition) is 4. The highest BCUT2D eigenvalue weighted by Crippen LogP contribution is 2.27. The van der Waals surface area contributed by atoms with Crippen LogP contribution in [0.4, 0.5) is 0 Å². The molecule has 0 aliphatic carbocycles. The van der Waals surface area contributed by atoms with Crippen LogP contribution in [0.2, 0.25) is 0 Å². The van der Waals surface area contributed by atoms with Crippen molar-refractivity contribution < 1.29 is 14.3 Å². The SMILES string of the molecule is CC(C)N(C(=O)[C@@H](C)OC(=O)c1ccccc1-c1ccccc1C#N)C(C)C. The van der Waals surface area contributed by atoms with E-state index >= 15 is 0 Å². The van der Waals surface area contributed by atoms with Gasteiger partial charge in [-0.05, 0) is 52.3 Å². The number of nitriles is 1. The van der Waals surface area contributed by atoms with Crippen molar-refractivity contribution in [2.24, 2.45) is 0 Å². The van der Waals surface area contributed by atoms with Gasteiger partial charge < -0.3 is 9.64 Å². The molecule has 0 saturated heterocycles. The number of ether oxygens (including phenoxy) is 1. The van der Waals surface area contributed by atoms with Crippen molar-refractivity contribution in [3.05, 3.63) is 59.7 Å². The maximum atomic E-state index is 12.8. The van der Waals surface area contributed by atoms with Crippen LogP contribution in [0.3, 0.4) is 0 Å². The second-order valence-corrected chi connectivity index (χ2v) is 7.18. The highest BCUT2D eigenvalue weighted by molar-refractivity contribution is 5.99. The van der Waals surface area contributed by atoms with E-state index in [1.165, 1.54) is 0 Å². The van der Waals surface area contributed by atoms with Gasteiger partial charge in [-0.15, -0.1) is 0 Å². The first-order valence-corrected chi connectivity index (χ1v) is 9.39. The topological polar surface area (TPSA) is 70.4 Å². The van der Waals surface area contributed by atoms with E-state index in [4.69, 9.17) is 4.74 Å². The molecule has 28 heavy (non-hydrogen) atoms. The zero-order valence-corrected chi connectivity index (χ0v) is 17.0. The molecular weight excluding hydrogens is 352 g/mol. The summed E-state index contributed by atoms with van der Waals surface area (Å²) in [5, 5.41) is 9.38. The highest BCUT2D eigenvalue weighted by Gasteiger charge is 2.28. The predicted molar refractivity (Wildman–Crippen MR) is 109 cm³/mol. The average Bonchev–Trinajstić information content (AvgIpc) is 2.67. The van der Waals surface area contributed by atoms with Gasteiger partial charge in [0.05, 0.1) is 17.2 Å². The number of rotatable bonds is 6. The molecule has 0 N–H and O–H groups in total. The van der Waals surface area contributed by atoms with E-state index < -0.39 is 12.1 Å². The molecule has 0 unspecified atom stereocenters. The third-order valence-electron chi connectivity index (χ3n) is 4.48. The summed E-state index contributed by atoms with van der Waals surface area (Å²) in [7, 11) is 0. The van der Waals surface area contributed by atoms with Crippen LogP contribution in [0.15, 0.2) is 48.5 Å². The Bertz CT molecular complexity index is 889. The molecular formula is C23H26N2O3. The molecule has 0 aromatic heterocycles. The van der Waals surface area contributed by atoms with Gasteiger partial charge in [-0.2, -0.15) is 5.26 Å². The molecule has 0 heterocycles. The fraction of sp³-hybridized carbons (Fsp3) is 0.348. The largest absolute Gasteiger partial charge is 0.449 e. The first-order valence-electron chi connectivity index (χ1n) is 9.39. The first kappa shape index (κ1) is 21.2. The summed E-state index contributed by atoms with van der Waals surface area (Å²) in [6.45, 7) is 9.31. The minimum absolute atomic E-state index is 0.00319. The van der Waals surface area contributed by atoms with Crippen molar-refractivity contribution in [1.82, 2.24) is 4.90 Å². The van der Waals surface area contributed by atoms with Crippen molar-refractivity contribution in [3.63, 3.8) is 0 Å². The molecule has 0 aliphatic rings. The molecule has 5 nitrogen and oxygen atoms in total. The van der Waals surface area contributed by atoms with E-state index in [-0.39, 0.29) is 18.0 Å². The Morgan fingerprint density at radius 1 is 0.893 bits per heavy atom. The Kier molecular flexibility index (Phi) is 6.94. The molecule has 0 saturated carbocycles. The average molecular weight is 378 g/mol. The lowest BCUT2D eigenvalue weighted by Crippen LogP contribution is -2.47. The molecule has 0 fully saturated rings. The Hall–Kier alpha value is -3.13. The maximum Gasteiger partial charge on any atom is 0.339 e. The fourth-order valence-corrected chi connectivity index (χ4v) is 3.30. The van der Waals surface area contributed by atoms with Crippen LogP contribution in [0, 0.1) is 11.3 Å². The number of benzene rings is 2. The molecule has 2 rings (SSSR count). The van der Waals surface area contributed by atoms with Crippen LogP contribution < -0.4 is 0 Å². The monoisotopic (exact) mass is 378 g/mol. The second-order valence-electron chi connectivity index (χ2n) is 7.18. The van der Waals surface area contributed by atoms with Crippen molar-refractivity contribution in [3.8, 4) is 17.2 Å². The smallest absolute Gasteiger partial charge is 0.339 e. The number of carbonyl (C=O) groups is 2. The van der Waals surface area contributed by atoms with Crippen LogP contribution in [0.1, 0.15) is 50.5 Å². The van der Waals surface area contributed by atoms with E-state index in [9.17, 15) is 14.9 Å². The van der Waals surface area contributed by atoms with E-state index in [1.807, 2.05) is 33.8 Å².